The van der Waals surface area contributed by atoms with Crippen LogP contribution in [0.2, 0.25) is 0 Å². The van der Waals surface area contributed by atoms with Gasteiger partial charge in [-0.1, -0.05) is 6.07 Å². The summed E-state index contributed by atoms with van der Waals surface area (Å²) in [6, 6.07) is 13.3. The van der Waals surface area contributed by atoms with Gasteiger partial charge in [0, 0.05) is 11.3 Å². The molecule has 17 heavy (non-hydrogen) atoms. The highest BCUT2D eigenvalue weighted by Crippen LogP contribution is 2.29. The molecule has 2 rings (SSSR count). The van der Waals surface area contributed by atoms with Crippen molar-refractivity contribution in [2.75, 3.05) is 7.11 Å². The van der Waals surface area contributed by atoms with Crippen LogP contribution in [0.5, 0.6) is 5.75 Å². The zero-order valence-corrected chi connectivity index (χ0v) is 9.77. The summed E-state index contributed by atoms with van der Waals surface area (Å²) < 4.78 is 5.29. The largest absolute Gasteiger partial charge is 0.496 e. The summed E-state index contributed by atoms with van der Waals surface area (Å²) in [6.07, 6.45) is 0. The van der Waals surface area contributed by atoms with Gasteiger partial charge in [-0.2, -0.15) is 5.26 Å². The van der Waals surface area contributed by atoms with Gasteiger partial charge < -0.3 is 4.74 Å². The molecule has 1 aromatic carbocycles. The number of rotatable bonds is 2. The van der Waals surface area contributed by atoms with E-state index in [2.05, 4.69) is 11.1 Å². The Balaban J connectivity index is 2.56. The van der Waals surface area contributed by atoms with E-state index in [1.165, 1.54) is 0 Å². The number of ether oxygens (including phenoxy) is 1. The number of benzene rings is 1. The van der Waals surface area contributed by atoms with E-state index in [1.807, 2.05) is 31.2 Å². The van der Waals surface area contributed by atoms with Crippen molar-refractivity contribution in [3.8, 4) is 23.1 Å². The molecule has 0 amide bonds. The van der Waals surface area contributed by atoms with E-state index < -0.39 is 0 Å². The first-order chi connectivity index (χ1) is 8.24. The molecule has 0 radical (unpaired) electrons. The predicted octanol–water partition coefficient (Wildman–Crippen LogP) is 2.94. The van der Waals surface area contributed by atoms with Crippen molar-refractivity contribution in [3.63, 3.8) is 0 Å². The molecule has 84 valence electrons. The van der Waals surface area contributed by atoms with E-state index in [-0.39, 0.29) is 0 Å². The van der Waals surface area contributed by atoms with Gasteiger partial charge in [-0.15, -0.1) is 0 Å². The van der Waals surface area contributed by atoms with Gasteiger partial charge in [0.15, 0.2) is 0 Å². The Bertz CT molecular complexity index is 585. The first-order valence-corrected chi connectivity index (χ1v) is 5.27. The third kappa shape index (κ3) is 2.26. The highest BCUT2D eigenvalue weighted by molar-refractivity contribution is 5.68. The summed E-state index contributed by atoms with van der Waals surface area (Å²) >= 11 is 0. The molecule has 1 aromatic heterocycles. The number of aromatic nitrogens is 1. The smallest absolute Gasteiger partial charge is 0.129 e. The molecule has 0 spiro atoms. The van der Waals surface area contributed by atoms with Crippen LogP contribution in [-0.2, 0) is 0 Å². The normalized spacial score (nSPS) is 9.71. The second kappa shape index (κ2) is 4.67. The van der Waals surface area contributed by atoms with E-state index in [0.717, 1.165) is 17.0 Å². The minimum Gasteiger partial charge on any atom is -0.496 e. The summed E-state index contributed by atoms with van der Waals surface area (Å²) in [7, 11) is 1.59. The fourth-order valence-electron chi connectivity index (χ4n) is 1.67. The number of aryl methyl sites for hydroxylation is 1. The van der Waals surface area contributed by atoms with Gasteiger partial charge in [0.25, 0.3) is 0 Å². The molecule has 0 aliphatic heterocycles. The SMILES string of the molecule is COc1cc(C#N)ccc1-c1cccc(C)n1. The fourth-order valence-corrected chi connectivity index (χ4v) is 1.67. The zero-order valence-electron chi connectivity index (χ0n) is 9.77. The van der Waals surface area contributed by atoms with Crippen LogP contribution < -0.4 is 4.74 Å². The number of methoxy groups -OCH3 is 1. The van der Waals surface area contributed by atoms with Crippen molar-refractivity contribution in [1.29, 1.82) is 5.26 Å². The lowest BCUT2D eigenvalue weighted by molar-refractivity contribution is 0.416. The summed E-state index contributed by atoms with van der Waals surface area (Å²) in [4.78, 5) is 4.44. The van der Waals surface area contributed by atoms with Crippen LogP contribution in [0.4, 0.5) is 0 Å². The number of pyridine rings is 1. The summed E-state index contributed by atoms with van der Waals surface area (Å²) in [5.74, 6) is 0.669. The van der Waals surface area contributed by atoms with E-state index in [9.17, 15) is 0 Å². The second-order valence-electron chi connectivity index (χ2n) is 3.69. The topological polar surface area (TPSA) is 45.9 Å². The van der Waals surface area contributed by atoms with Gasteiger partial charge in [-0.05, 0) is 37.3 Å². The number of hydrogen-bond donors (Lipinski definition) is 0. The fraction of sp³-hybridized carbons (Fsp3) is 0.143. The number of hydrogen-bond acceptors (Lipinski definition) is 3. The van der Waals surface area contributed by atoms with Crippen molar-refractivity contribution in [3.05, 3.63) is 47.7 Å². The second-order valence-corrected chi connectivity index (χ2v) is 3.69. The molecule has 0 bridgehead atoms. The number of nitrogens with zero attached hydrogens (tertiary/aromatic N) is 2. The van der Waals surface area contributed by atoms with Gasteiger partial charge in [0.05, 0.1) is 24.4 Å². The Morgan fingerprint density at radius 1 is 1.24 bits per heavy atom. The molecule has 3 heteroatoms. The molecule has 3 nitrogen and oxygen atoms in total. The molecule has 0 atom stereocenters. The van der Waals surface area contributed by atoms with Gasteiger partial charge in [-0.25, -0.2) is 0 Å². The Labute approximate surface area is 100 Å². The highest BCUT2D eigenvalue weighted by atomic mass is 16.5. The third-order valence-corrected chi connectivity index (χ3v) is 2.49. The van der Waals surface area contributed by atoms with Crippen molar-refractivity contribution in [1.82, 2.24) is 4.98 Å². The van der Waals surface area contributed by atoms with Crippen LogP contribution in [0.3, 0.4) is 0 Å². The third-order valence-electron chi connectivity index (χ3n) is 2.49. The summed E-state index contributed by atoms with van der Waals surface area (Å²) in [5, 5.41) is 8.84. The van der Waals surface area contributed by atoms with E-state index in [4.69, 9.17) is 10.00 Å². The predicted molar refractivity (Wildman–Crippen MR) is 65.7 cm³/mol. The molecule has 1 heterocycles. The molecule has 0 N–H and O–H groups in total. The Hall–Kier alpha value is -2.34. The Morgan fingerprint density at radius 3 is 2.71 bits per heavy atom. The molecule has 0 fully saturated rings. The van der Waals surface area contributed by atoms with Gasteiger partial charge in [-0.3, -0.25) is 4.98 Å². The maximum absolute atomic E-state index is 8.84. The summed E-state index contributed by atoms with van der Waals surface area (Å²) in [6.45, 7) is 1.94. The monoisotopic (exact) mass is 224 g/mol. The van der Waals surface area contributed by atoms with Crippen LogP contribution in [0.1, 0.15) is 11.3 Å². The lowest BCUT2D eigenvalue weighted by Crippen LogP contribution is -1.92. The van der Waals surface area contributed by atoms with E-state index in [0.29, 0.717) is 11.3 Å². The lowest BCUT2D eigenvalue weighted by Gasteiger charge is -2.08. The first kappa shape index (κ1) is 11.2. The van der Waals surface area contributed by atoms with Crippen LogP contribution in [0, 0.1) is 18.3 Å². The van der Waals surface area contributed by atoms with Crippen molar-refractivity contribution < 1.29 is 4.74 Å². The van der Waals surface area contributed by atoms with Crippen LogP contribution in [0.25, 0.3) is 11.3 Å². The average molecular weight is 224 g/mol. The van der Waals surface area contributed by atoms with Crippen molar-refractivity contribution in [2.24, 2.45) is 0 Å². The first-order valence-electron chi connectivity index (χ1n) is 5.27. The van der Waals surface area contributed by atoms with Crippen LogP contribution >= 0.6 is 0 Å². The maximum Gasteiger partial charge on any atom is 0.129 e. The highest BCUT2D eigenvalue weighted by Gasteiger charge is 2.08. The Morgan fingerprint density at radius 2 is 2.06 bits per heavy atom. The number of nitriles is 1. The van der Waals surface area contributed by atoms with Gasteiger partial charge >= 0.3 is 0 Å². The minimum absolute atomic E-state index is 0.582. The molecular formula is C14H12N2O. The maximum atomic E-state index is 8.84. The summed E-state index contributed by atoms with van der Waals surface area (Å²) in [5.41, 5.74) is 3.29. The molecule has 0 aliphatic rings. The quantitative estimate of drug-likeness (QED) is 0.787. The van der Waals surface area contributed by atoms with Crippen LogP contribution in [-0.4, -0.2) is 12.1 Å². The average Bonchev–Trinajstić information content (AvgIpc) is 2.38. The lowest BCUT2D eigenvalue weighted by atomic mass is 10.1. The molecule has 0 saturated carbocycles. The van der Waals surface area contributed by atoms with Gasteiger partial charge in [0.2, 0.25) is 0 Å². The van der Waals surface area contributed by atoms with Crippen molar-refractivity contribution >= 4 is 0 Å². The molecule has 0 saturated heterocycles. The molecule has 2 aromatic rings. The van der Waals surface area contributed by atoms with Crippen molar-refractivity contribution in [2.45, 2.75) is 6.92 Å². The molecule has 0 aliphatic carbocycles. The van der Waals surface area contributed by atoms with E-state index in [1.54, 1.807) is 19.2 Å². The zero-order chi connectivity index (χ0) is 12.3. The van der Waals surface area contributed by atoms with E-state index >= 15 is 0 Å². The van der Waals surface area contributed by atoms with Gasteiger partial charge in [0.1, 0.15) is 5.75 Å². The standard InChI is InChI=1S/C14H12N2O/c1-10-4-3-5-13(16-10)12-7-6-11(9-15)8-14(12)17-2/h3-8H,1-2H3. The molecule has 0 unspecified atom stereocenters. The van der Waals surface area contributed by atoms with Crippen LogP contribution in [0.15, 0.2) is 36.4 Å². The molecular weight excluding hydrogens is 212 g/mol. The minimum atomic E-state index is 0.582. The Kier molecular flexibility index (Phi) is 3.06.